The van der Waals surface area contributed by atoms with Gasteiger partial charge in [-0.1, -0.05) is 32.4 Å². The van der Waals surface area contributed by atoms with Gasteiger partial charge in [-0.3, -0.25) is 9.59 Å². The van der Waals surface area contributed by atoms with Crippen LogP contribution in [-0.2, 0) is 17.6 Å². The first-order chi connectivity index (χ1) is 13.9. The molecule has 3 rings (SSSR count). The number of amides is 2. The maximum atomic E-state index is 13.0. The lowest BCUT2D eigenvalue weighted by atomic mass is 9.72. The van der Waals surface area contributed by atoms with Crippen LogP contribution in [0, 0.1) is 11.3 Å². The van der Waals surface area contributed by atoms with Gasteiger partial charge in [0.2, 0.25) is 0 Å². The zero-order valence-corrected chi connectivity index (χ0v) is 18.3. The summed E-state index contributed by atoms with van der Waals surface area (Å²) < 4.78 is 38.5. The molecule has 0 unspecified atom stereocenters. The number of fused-ring (bicyclic) bond motifs is 1. The van der Waals surface area contributed by atoms with Crippen molar-refractivity contribution in [1.82, 2.24) is 0 Å². The van der Waals surface area contributed by atoms with E-state index in [1.54, 1.807) is 24.3 Å². The summed E-state index contributed by atoms with van der Waals surface area (Å²) in [4.78, 5) is 25.4. The third kappa shape index (κ3) is 4.98. The summed E-state index contributed by atoms with van der Waals surface area (Å²) >= 11 is 6.91. The van der Waals surface area contributed by atoms with Crippen LogP contribution in [0.3, 0.4) is 0 Å². The van der Waals surface area contributed by atoms with E-state index in [1.165, 1.54) is 0 Å². The third-order valence-corrected chi connectivity index (χ3v) is 6.73. The van der Waals surface area contributed by atoms with E-state index in [4.69, 9.17) is 11.6 Å². The SMILES string of the molecule is CC(C)(C)[C@@H]1CCc2c(sc(NC(=O)C(F)(F)F)c2C(=O)Nc2ccc(Cl)cc2)C1. The summed E-state index contributed by atoms with van der Waals surface area (Å²) in [5, 5.41) is 5.03. The normalized spacial score (nSPS) is 16.7. The van der Waals surface area contributed by atoms with E-state index in [0.717, 1.165) is 22.6 Å². The van der Waals surface area contributed by atoms with Gasteiger partial charge in [0, 0.05) is 15.6 Å². The Bertz CT molecular complexity index is 962. The molecule has 0 bridgehead atoms. The Morgan fingerprint density at radius 3 is 2.30 bits per heavy atom. The summed E-state index contributed by atoms with van der Waals surface area (Å²) in [6, 6.07) is 6.40. The van der Waals surface area contributed by atoms with Crippen molar-refractivity contribution in [3.8, 4) is 0 Å². The molecule has 2 aromatic rings. The molecule has 0 radical (unpaired) electrons. The first-order valence-corrected chi connectivity index (χ1v) is 10.7. The summed E-state index contributed by atoms with van der Waals surface area (Å²) in [6.07, 6.45) is -2.99. The molecule has 1 aliphatic carbocycles. The Kier molecular flexibility index (Phi) is 6.20. The fourth-order valence-corrected chi connectivity index (χ4v) is 5.00. The van der Waals surface area contributed by atoms with Crippen LogP contribution < -0.4 is 10.6 Å². The molecule has 1 heterocycles. The number of anilines is 2. The molecule has 162 valence electrons. The van der Waals surface area contributed by atoms with E-state index < -0.39 is 18.0 Å². The standard InChI is InChI=1S/C21H22ClF3N2O2S/c1-20(2,3)11-4-9-14-15(10-11)30-18(27-19(29)21(23,24)25)16(14)17(28)26-13-7-5-12(22)6-8-13/h5-8,11H,4,9-10H2,1-3H3,(H,26,28)(H,27,29)/t11-/m1/s1. The van der Waals surface area contributed by atoms with E-state index in [0.29, 0.717) is 35.0 Å². The predicted molar refractivity (Wildman–Crippen MR) is 113 cm³/mol. The predicted octanol–water partition coefficient (Wildman–Crippen LogP) is 6.31. The maximum absolute atomic E-state index is 13.0. The molecular formula is C21H22ClF3N2O2S. The molecular weight excluding hydrogens is 437 g/mol. The lowest BCUT2D eigenvalue weighted by Crippen LogP contribution is -2.30. The number of hydrogen-bond donors (Lipinski definition) is 2. The van der Waals surface area contributed by atoms with Gasteiger partial charge in [-0.25, -0.2) is 0 Å². The molecule has 9 heteroatoms. The Morgan fingerprint density at radius 1 is 1.10 bits per heavy atom. The van der Waals surface area contributed by atoms with Crippen molar-refractivity contribution in [2.24, 2.45) is 11.3 Å². The number of alkyl halides is 3. The molecule has 0 spiro atoms. The van der Waals surface area contributed by atoms with Crippen molar-refractivity contribution in [2.45, 2.75) is 46.2 Å². The average Bonchev–Trinajstić information content (AvgIpc) is 2.99. The number of carbonyl (C=O) groups is 2. The number of thiophene rings is 1. The Balaban J connectivity index is 1.97. The second-order valence-corrected chi connectivity index (χ2v) is 9.97. The lowest BCUT2D eigenvalue weighted by molar-refractivity contribution is -0.167. The van der Waals surface area contributed by atoms with Crippen molar-refractivity contribution < 1.29 is 22.8 Å². The van der Waals surface area contributed by atoms with Gasteiger partial charge in [0.25, 0.3) is 5.91 Å². The van der Waals surface area contributed by atoms with E-state index >= 15 is 0 Å². The second kappa shape index (κ2) is 8.23. The lowest BCUT2D eigenvalue weighted by Gasteiger charge is -2.33. The highest BCUT2D eigenvalue weighted by Crippen LogP contribution is 2.44. The number of benzene rings is 1. The van der Waals surface area contributed by atoms with Gasteiger partial charge in [-0.2, -0.15) is 13.2 Å². The topological polar surface area (TPSA) is 58.2 Å². The van der Waals surface area contributed by atoms with Crippen molar-refractivity contribution in [2.75, 3.05) is 10.6 Å². The quantitative estimate of drug-likeness (QED) is 0.566. The van der Waals surface area contributed by atoms with Gasteiger partial charge >= 0.3 is 12.1 Å². The maximum Gasteiger partial charge on any atom is 0.471 e. The highest BCUT2D eigenvalue weighted by Gasteiger charge is 2.41. The van der Waals surface area contributed by atoms with Gasteiger partial charge in [0.05, 0.1) is 5.56 Å². The molecule has 1 atom stereocenters. The van der Waals surface area contributed by atoms with Crippen LogP contribution >= 0.6 is 22.9 Å². The Morgan fingerprint density at radius 2 is 1.73 bits per heavy atom. The number of halogens is 4. The van der Waals surface area contributed by atoms with Crippen molar-refractivity contribution in [3.63, 3.8) is 0 Å². The summed E-state index contributed by atoms with van der Waals surface area (Å²) in [5.74, 6) is -2.31. The first-order valence-electron chi connectivity index (χ1n) is 9.46. The fourth-order valence-electron chi connectivity index (χ4n) is 3.55. The number of hydrogen-bond acceptors (Lipinski definition) is 3. The minimum Gasteiger partial charge on any atom is -0.322 e. The van der Waals surface area contributed by atoms with E-state index in [-0.39, 0.29) is 16.0 Å². The van der Waals surface area contributed by atoms with E-state index in [2.05, 4.69) is 26.1 Å². The molecule has 4 nitrogen and oxygen atoms in total. The van der Waals surface area contributed by atoms with Crippen LogP contribution in [-0.4, -0.2) is 18.0 Å². The Hall–Kier alpha value is -2.06. The van der Waals surface area contributed by atoms with Crippen LogP contribution in [0.4, 0.5) is 23.9 Å². The monoisotopic (exact) mass is 458 g/mol. The molecule has 0 saturated heterocycles. The van der Waals surface area contributed by atoms with Crippen LogP contribution in [0.1, 0.15) is 48.0 Å². The second-order valence-electron chi connectivity index (χ2n) is 8.43. The first kappa shape index (κ1) is 22.6. The van der Waals surface area contributed by atoms with E-state index in [1.807, 2.05) is 5.32 Å². The summed E-state index contributed by atoms with van der Waals surface area (Å²) in [5.41, 5.74) is 1.31. The van der Waals surface area contributed by atoms with Crippen LogP contribution in [0.2, 0.25) is 5.02 Å². The molecule has 30 heavy (non-hydrogen) atoms. The van der Waals surface area contributed by atoms with Crippen molar-refractivity contribution >= 4 is 45.4 Å². The number of nitrogens with one attached hydrogen (secondary N) is 2. The highest BCUT2D eigenvalue weighted by atomic mass is 35.5. The average molecular weight is 459 g/mol. The van der Waals surface area contributed by atoms with Crippen LogP contribution in [0.5, 0.6) is 0 Å². The summed E-state index contributed by atoms with van der Waals surface area (Å²) in [7, 11) is 0. The molecule has 0 saturated carbocycles. The minimum atomic E-state index is -5.04. The fraction of sp³-hybridized carbons (Fsp3) is 0.429. The largest absolute Gasteiger partial charge is 0.471 e. The smallest absolute Gasteiger partial charge is 0.322 e. The van der Waals surface area contributed by atoms with Crippen LogP contribution in [0.15, 0.2) is 24.3 Å². The van der Waals surface area contributed by atoms with E-state index in [9.17, 15) is 22.8 Å². The van der Waals surface area contributed by atoms with Gasteiger partial charge in [-0.05, 0) is 60.4 Å². The summed E-state index contributed by atoms with van der Waals surface area (Å²) in [6.45, 7) is 6.37. The molecule has 2 amide bonds. The van der Waals surface area contributed by atoms with Crippen molar-refractivity contribution in [3.05, 3.63) is 45.3 Å². The van der Waals surface area contributed by atoms with Gasteiger partial charge < -0.3 is 10.6 Å². The molecule has 2 N–H and O–H groups in total. The Labute approximate surface area is 181 Å². The number of carbonyl (C=O) groups excluding carboxylic acids is 2. The molecule has 0 fully saturated rings. The molecule has 1 aliphatic rings. The highest BCUT2D eigenvalue weighted by molar-refractivity contribution is 7.17. The number of rotatable bonds is 3. The zero-order chi connectivity index (χ0) is 22.3. The van der Waals surface area contributed by atoms with Gasteiger partial charge in [0.1, 0.15) is 5.00 Å². The molecule has 1 aromatic heterocycles. The molecule has 0 aliphatic heterocycles. The molecule has 1 aromatic carbocycles. The minimum absolute atomic E-state index is 0.0305. The zero-order valence-electron chi connectivity index (χ0n) is 16.7. The van der Waals surface area contributed by atoms with Gasteiger partial charge in [0.15, 0.2) is 0 Å². The third-order valence-electron chi connectivity index (χ3n) is 5.30. The van der Waals surface area contributed by atoms with Crippen molar-refractivity contribution in [1.29, 1.82) is 0 Å². The van der Waals surface area contributed by atoms with Crippen LogP contribution in [0.25, 0.3) is 0 Å². The van der Waals surface area contributed by atoms with Gasteiger partial charge in [-0.15, -0.1) is 11.3 Å².